The predicted molar refractivity (Wildman–Crippen MR) is 292 cm³/mol. The summed E-state index contributed by atoms with van der Waals surface area (Å²) in [5.74, 6) is -1.28. The largest absolute Gasteiger partial charge is 0.478 e. The Morgan fingerprint density at radius 2 is 0.877 bits per heavy atom. The monoisotopic (exact) mass is 966 g/mol. The molecule has 1 N–H and O–H groups in total. The van der Waals surface area contributed by atoms with Crippen molar-refractivity contribution in [2.24, 2.45) is 0 Å². The van der Waals surface area contributed by atoms with Crippen LogP contribution in [0.2, 0.25) is 0 Å². The Labute approximate surface area is 424 Å². The number of aromatic carboxylic acids is 1. The molecule has 4 atom stereocenters. The van der Waals surface area contributed by atoms with Crippen molar-refractivity contribution in [2.45, 2.75) is 90.4 Å². The van der Waals surface area contributed by atoms with Crippen molar-refractivity contribution in [1.29, 1.82) is 0 Å². The molecule has 0 spiro atoms. The number of carbonyl (C=O) groups is 2. The maximum Gasteiger partial charge on any atom is 0.338 e. The molecule has 2 saturated heterocycles. The van der Waals surface area contributed by atoms with Gasteiger partial charge in [-0.2, -0.15) is 10.2 Å². The van der Waals surface area contributed by atoms with E-state index in [0.29, 0.717) is 35.1 Å². The summed E-state index contributed by atoms with van der Waals surface area (Å²) in [6, 6.07) is 42.5. The Hall–Kier alpha value is -8.38. The molecule has 2 aliphatic heterocycles. The minimum Gasteiger partial charge on any atom is -0.478 e. The first kappa shape index (κ1) is 47.0. The van der Waals surface area contributed by atoms with Crippen LogP contribution in [0, 0.1) is 0 Å². The zero-order valence-corrected chi connectivity index (χ0v) is 41.8. The molecule has 0 bridgehead atoms. The number of aromatic nitrogens is 6. The third kappa shape index (κ3) is 8.81. The van der Waals surface area contributed by atoms with E-state index in [-0.39, 0.29) is 11.5 Å². The predicted octanol–water partition coefficient (Wildman–Crippen LogP) is 13.5. The van der Waals surface area contributed by atoms with Gasteiger partial charge in [-0.05, 0) is 146 Å². The van der Waals surface area contributed by atoms with Gasteiger partial charge in [-0.15, -0.1) is 0 Å². The molecule has 10 aromatic rings. The topological polar surface area (TPSA) is 130 Å². The van der Waals surface area contributed by atoms with Gasteiger partial charge in [0.2, 0.25) is 0 Å². The van der Waals surface area contributed by atoms with Gasteiger partial charge in [-0.3, -0.25) is 0 Å². The number of esters is 1. The average Bonchev–Trinajstić information content (AvgIpc) is 4.04. The molecule has 0 saturated carbocycles. The number of anilines is 2. The van der Waals surface area contributed by atoms with Gasteiger partial charge in [-0.1, -0.05) is 84.9 Å². The van der Waals surface area contributed by atoms with Crippen molar-refractivity contribution in [1.82, 2.24) is 29.2 Å². The second-order valence-electron chi connectivity index (χ2n) is 19.7. The summed E-state index contributed by atoms with van der Waals surface area (Å²) in [7, 11) is 1.40. The molecular weight excluding hydrogens is 909 g/mol. The van der Waals surface area contributed by atoms with Gasteiger partial charge in [0, 0.05) is 82.6 Å². The van der Waals surface area contributed by atoms with E-state index < -0.39 is 5.97 Å². The molecule has 2 aliphatic rings. The molecule has 6 heterocycles. The van der Waals surface area contributed by atoms with Gasteiger partial charge in [-0.25, -0.2) is 28.6 Å². The molecule has 12 nitrogen and oxygen atoms in total. The van der Waals surface area contributed by atoms with Gasteiger partial charge in [0.15, 0.2) is 11.3 Å². The number of methoxy groups -OCH3 is 1. The van der Waals surface area contributed by atoms with Crippen LogP contribution in [0.5, 0.6) is 0 Å². The minimum absolute atomic E-state index is 0.290. The molecule has 4 aromatic heterocycles. The lowest BCUT2D eigenvalue weighted by Gasteiger charge is -2.41. The van der Waals surface area contributed by atoms with Crippen LogP contribution >= 0.6 is 0 Å². The van der Waals surface area contributed by atoms with E-state index in [0.717, 1.165) is 72.0 Å². The van der Waals surface area contributed by atoms with Crippen molar-refractivity contribution in [3.8, 4) is 44.5 Å². The van der Waals surface area contributed by atoms with Gasteiger partial charge in [0.05, 0.1) is 30.6 Å². The SMILES string of the molecule is COC(=O)c1cccc2c(-c3cnn4cc(-c5ccc(N6[C@H](C)CCC[C@@H]6C)cc5)cnc34)cccc12.C[C@@H]1CCC[C@H](C)N1c1ccc(-c2cnc3c(-c4cccc5c(C(=O)O)cccc45)cnn3c2)cc1. The first-order valence-electron chi connectivity index (χ1n) is 25.4. The van der Waals surface area contributed by atoms with Gasteiger partial charge >= 0.3 is 11.9 Å². The second-order valence-corrected chi connectivity index (χ2v) is 19.7. The van der Waals surface area contributed by atoms with E-state index in [2.05, 4.69) is 96.2 Å². The fourth-order valence-corrected chi connectivity index (χ4v) is 11.5. The smallest absolute Gasteiger partial charge is 0.338 e. The summed E-state index contributed by atoms with van der Waals surface area (Å²) in [6.07, 6.45) is 19.0. The highest BCUT2D eigenvalue weighted by Gasteiger charge is 2.26. The lowest BCUT2D eigenvalue weighted by molar-refractivity contribution is 0.0602. The number of ether oxygens (including phenoxy) is 1. The molecule has 12 rings (SSSR count). The molecule has 12 heteroatoms. The molecule has 0 radical (unpaired) electrons. The number of piperidine rings is 2. The zero-order chi connectivity index (χ0) is 50.3. The summed E-state index contributed by atoms with van der Waals surface area (Å²) in [4.78, 5) is 38.7. The number of carbonyl (C=O) groups excluding carboxylic acids is 1. The van der Waals surface area contributed by atoms with E-state index >= 15 is 0 Å². The lowest BCUT2D eigenvalue weighted by Crippen LogP contribution is -2.43. The van der Waals surface area contributed by atoms with Crippen molar-refractivity contribution >= 4 is 56.2 Å². The number of hydrogen-bond donors (Lipinski definition) is 1. The molecular formula is C61H58N8O4. The Bertz CT molecular complexity index is 3660. The lowest BCUT2D eigenvalue weighted by atomic mass is 9.96. The fraction of sp³-hybridized carbons (Fsp3) is 0.246. The zero-order valence-electron chi connectivity index (χ0n) is 41.8. The van der Waals surface area contributed by atoms with E-state index in [1.54, 1.807) is 28.9 Å². The number of nitrogens with zero attached hydrogens (tertiary/aromatic N) is 8. The maximum absolute atomic E-state index is 12.3. The molecule has 6 aromatic carbocycles. The number of carboxylic acid groups (broad SMARTS) is 1. The van der Waals surface area contributed by atoms with Crippen LogP contribution in [0.25, 0.3) is 77.3 Å². The van der Waals surface area contributed by atoms with Gasteiger partial charge < -0.3 is 19.6 Å². The van der Waals surface area contributed by atoms with E-state index in [4.69, 9.17) is 14.7 Å². The number of carboxylic acids is 1. The van der Waals surface area contributed by atoms with E-state index in [9.17, 15) is 14.7 Å². The number of fused-ring (bicyclic) bond motifs is 4. The van der Waals surface area contributed by atoms with Crippen LogP contribution in [0.3, 0.4) is 0 Å². The number of hydrogen-bond acceptors (Lipinski definition) is 9. The van der Waals surface area contributed by atoms with Crippen LogP contribution in [0.1, 0.15) is 86.9 Å². The highest BCUT2D eigenvalue weighted by atomic mass is 16.5. The Morgan fingerprint density at radius 3 is 1.30 bits per heavy atom. The Morgan fingerprint density at radius 1 is 0.479 bits per heavy atom. The molecule has 2 fully saturated rings. The molecule has 366 valence electrons. The van der Waals surface area contributed by atoms with Gasteiger partial charge in [0.25, 0.3) is 0 Å². The molecule has 73 heavy (non-hydrogen) atoms. The van der Waals surface area contributed by atoms with Crippen molar-refractivity contribution in [2.75, 3.05) is 16.9 Å². The fourth-order valence-electron chi connectivity index (χ4n) is 11.5. The third-order valence-electron chi connectivity index (χ3n) is 15.2. The van der Waals surface area contributed by atoms with Gasteiger partial charge in [0.1, 0.15) is 0 Å². The van der Waals surface area contributed by atoms with E-state index in [1.807, 2.05) is 90.1 Å². The molecule has 0 aliphatic carbocycles. The molecule has 0 amide bonds. The minimum atomic E-state index is -0.935. The van der Waals surface area contributed by atoms with Crippen LogP contribution in [-0.2, 0) is 4.74 Å². The van der Waals surface area contributed by atoms with Crippen molar-refractivity contribution in [3.63, 3.8) is 0 Å². The molecule has 0 unspecified atom stereocenters. The highest BCUT2D eigenvalue weighted by molar-refractivity contribution is 6.10. The highest BCUT2D eigenvalue weighted by Crippen LogP contribution is 2.37. The van der Waals surface area contributed by atoms with Crippen LogP contribution in [0.15, 0.2) is 159 Å². The maximum atomic E-state index is 12.3. The normalized spacial score (nSPS) is 18.0. The first-order valence-corrected chi connectivity index (χ1v) is 25.4. The second kappa shape index (κ2) is 19.7. The van der Waals surface area contributed by atoms with E-state index in [1.165, 1.54) is 57.0 Å². The Kier molecular flexibility index (Phi) is 12.7. The quantitative estimate of drug-likeness (QED) is 0.147. The Balaban J connectivity index is 0.000000157. The summed E-state index contributed by atoms with van der Waals surface area (Å²) in [6.45, 7) is 9.27. The number of rotatable bonds is 8. The van der Waals surface area contributed by atoms with Crippen molar-refractivity contribution < 1.29 is 19.4 Å². The first-order chi connectivity index (χ1) is 35.6. The van der Waals surface area contributed by atoms with Crippen LogP contribution in [-0.4, -0.2) is 77.5 Å². The van der Waals surface area contributed by atoms with Crippen LogP contribution < -0.4 is 9.80 Å². The van der Waals surface area contributed by atoms with Crippen LogP contribution in [0.4, 0.5) is 11.4 Å². The summed E-state index contributed by atoms with van der Waals surface area (Å²) >= 11 is 0. The number of benzene rings is 6. The average molecular weight is 967 g/mol. The third-order valence-corrected chi connectivity index (χ3v) is 15.2. The summed E-state index contributed by atoms with van der Waals surface area (Å²) in [5, 5.41) is 22.2. The summed E-state index contributed by atoms with van der Waals surface area (Å²) < 4.78 is 8.61. The standard InChI is InChI=1S/C31H30N4O2.C30H28N4O2/c1-20-7-4-8-21(2)35(20)24-15-13-22(14-16-24)23-17-32-30-29(18-33-34(30)19-23)27-11-5-10-26-25(27)9-6-12-28(26)31(36)37-3;1-19-6-3-7-20(2)34(19)23-14-12-21(13-15-23)22-16-31-29-28(17-32-33(29)18-22)26-10-4-9-25-24(26)8-5-11-27(25)30(35)36/h5-6,9-21H,4,7-8H2,1-3H3;4-5,8-20H,3,6-7H2,1-2H3,(H,35,36)/t20-,21+;19-,20+. The van der Waals surface area contributed by atoms with Crippen molar-refractivity contribution in [3.05, 3.63) is 170 Å². The summed E-state index contributed by atoms with van der Waals surface area (Å²) in [5.41, 5.74) is 12.8.